The molecule has 38 heavy (non-hydrogen) atoms. The Balaban J connectivity index is 1.53. The van der Waals surface area contributed by atoms with Crippen LogP contribution in [0, 0.1) is 11.3 Å². The normalized spacial score (nSPS) is 10.9. The smallest absolute Gasteiger partial charge is 0.337 e. The van der Waals surface area contributed by atoms with E-state index in [9.17, 15) is 14.9 Å². The van der Waals surface area contributed by atoms with Gasteiger partial charge in [-0.1, -0.05) is 42.5 Å². The van der Waals surface area contributed by atoms with Gasteiger partial charge in [-0.3, -0.25) is 4.79 Å². The molecule has 0 radical (unpaired) electrons. The van der Waals surface area contributed by atoms with Crippen molar-refractivity contribution >= 4 is 50.3 Å². The molecule has 0 saturated carbocycles. The van der Waals surface area contributed by atoms with Crippen LogP contribution in [0.15, 0.2) is 88.9 Å². The van der Waals surface area contributed by atoms with Crippen molar-refractivity contribution in [2.75, 3.05) is 19.5 Å². The number of ether oxygens (including phenoxy) is 3. The van der Waals surface area contributed by atoms with Crippen molar-refractivity contribution in [2.24, 2.45) is 0 Å². The maximum absolute atomic E-state index is 12.7. The van der Waals surface area contributed by atoms with Crippen molar-refractivity contribution < 1.29 is 23.8 Å². The van der Waals surface area contributed by atoms with Crippen LogP contribution in [0.5, 0.6) is 11.5 Å². The lowest BCUT2D eigenvalue weighted by atomic mass is 10.1. The van der Waals surface area contributed by atoms with Crippen LogP contribution in [0.4, 0.5) is 5.69 Å². The van der Waals surface area contributed by atoms with E-state index in [4.69, 9.17) is 9.47 Å². The fourth-order valence-corrected chi connectivity index (χ4v) is 4.43. The van der Waals surface area contributed by atoms with E-state index in [-0.39, 0.29) is 5.57 Å². The lowest BCUT2D eigenvalue weighted by Gasteiger charge is -2.15. The highest BCUT2D eigenvalue weighted by molar-refractivity contribution is 9.10. The lowest BCUT2D eigenvalue weighted by Crippen LogP contribution is -2.13. The minimum atomic E-state index is -0.593. The largest absolute Gasteiger partial charge is 0.493 e. The minimum Gasteiger partial charge on any atom is -0.493 e. The molecule has 0 bridgehead atoms. The Morgan fingerprint density at radius 2 is 1.74 bits per heavy atom. The van der Waals surface area contributed by atoms with E-state index in [2.05, 4.69) is 44.2 Å². The molecule has 0 aliphatic rings. The zero-order valence-electron chi connectivity index (χ0n) is 20.7. The first kappa shape index (κ1) is 26.5. The number of fused-ring (bicyclic) bond motifs is 1. The maximum atomic E-state index is 12.7. The first-order chi connectivity index (χ1) is 18.4. The van der Waals surface area contributed by atoms with E-state index < -0.39 is 11.9 Å². The molecule has 0 saturated heterocycles. The average Bonchev–Trinajstić information content (AvgIpc) is 2.94. The predicted molar refractivity (Wildman–Crippen MR) is 149 cm³/mol. The fourth-order valence-electron chi connectivity index (χ4n) is 3.85. The standard InChI is InChI=1S/C30H23BrN2O5/c1-36-27-16-19(14-23(17-32)29(34)33-24-12-10-21(11-13-24)30(35)37-2)15-26(31)28(27)38-18-22-8-5-7-20-6-3-4-9-25(20)22/h3-16H,18H2,1-2H3,(H,33,34)/b23-14+. The van der Waals surface area contributed by atoms with Gasteiger partial charge in [0.25, 0.3) is 5.91 Å². The Morgan fingerprint density at radius 1 is 1.00 bits per heavy atom. The number of anilines is 1. The Bertz CT molecular complexity index is 1570. The predicted octanol–water partition coefficient (Wildman–Crippen LogP) is 6.52. The van der Waals surface area contributed by atoms with Gasteiger partial charge in [0.05, 0.1) is 24.3 Å². The van der Waals surface area contributed by atoms with Gasteiger partial charge < -0.3 is 19.5 Å². The van der Waals surface area contributed by atoms with Crippen LogP contribution in [-0.2, 0) is 16.1 Å². The third-order valence-electron chi connectivity index (χ3n) is 5.74. The molecule has 8 heteroatoms. The topological polar surface area (TPSA) is 97.7 Å². The summed E-state index contributed by atoms with van der Waals surface area (Å²) in [5, 5.41) is 14.5. The molecular formula is C30H23BrN2O5. The number of amides is 1. The number of nitriles is 1. The second-order valence-corrected chi connectivity index (χ2v) is 9.01. The fraction of sp³-hybridized carbons (Fsp3) is 0.100. The zero-order chi connectivity index (χ0) is 27.1. The number of nitrogens with one attached hydrogen (secondary N) is 1. The highest BCUT2D eigenvalue weighted by Crippen LogP contribution is 2.38. The van der Waals surface area contributed by atoms with Crippen LogP contribution in [0.2, 0.25) is 0 Å². The third kappa shape index (κ3) is 6.02. The molecular weight excluding hydrogens is 548 g/mol. The summed E-state index contributed by atoms with van der Waals surface area (Å²) in [6.45, 7) is 0.326. The van der Waals surface area contributed by atoms with E-state index in [0.717, 1.165) is 16.3 Å². The monoisotopic (exact) mass is 570 g/mol. The van der Waals surface area contributed by atoms with Gasteiger partial charge in [-0.05, 0) is 80.3 Å². The number of carbonyl (C=O) groups is 2. The maximum Gasteiger partial charge on any atom is 0.337 e. The molecule has 190 valence electrons. The summed E-state index contributed by atoms with van der Waals surface area (Å²) in [4.78, 5) is 24.3. The molecule has 0 atom stereocenters. The Hall–Kier alpha value is -4.61. The second-order valence-electron chi connectivity index (χ2n) is 8.15. The van der Waals surface area contributed by atoms with Crippen molar-refractivity contribution in [3.63, 3.8) is 0 Å². The Labute approximate surface area is 228 Å². The number of carbonyl (C=O) groups excluding carboxylic acids is 2. The van der Waals surface area contributed by atoms with Gasteiger partial charge in [-0.2, -0.15) is 5.26 Å². The van der Waals surface area contributed by atoms with E-state index in [1.165, 1.54) is 32.4 Å². The number of esters is 1. The summed E-state index contributed by atoms with van der Waals surface area (Å²) >= 11 is 3.53. The van der Waals surface area contributed by atoms with Crippen LogP contribution in [0.1, 0.15) is 21.5 Å². The highest BCUT2D eigenvalue weighted by atomic mass is 79.9. The lowest BCUT2D eigenvalue weighted by molar-refractivity contribution is -0.112. The average molecular weight is 571 g/mol. The van der Waals surface area contributed by atoms with Gasteiger partial charge >= 0.3 is 5.97 Å². The van der Waals surface area contributed by atoms with E-state index in [1.54, 1.807) is 24.3 Å². The van der Waals surface area contributed by atoms with E-state index >= 15 is 0 Å². The van der Waals surface area contributed by atoms with Gasteiger partial charge in [0.15, 0.2) is 11.5 Å². The molecule has 0 aromatic heterocycles. The molecule has 4 rings (SSSR count). The SMILES string of the molecule is COC(=O)c1ccc(NC(=O)/C(C#N)=C/c2cc(Br)c(OCc3cccc4ccccc34)c(OC)c2)cc1. The molecule has 1 amide bonds. The Kier molecular flexibility index (Phi) is 8.41. The van der Waals surface area contributed by atoms with E-state index in [0.29, 0.717) is 39.4 Å². The number of rotatable bonds is 8. The number of hydrogen-bond donors (Lipinski definition) is 1. The number of nitrogens with zero attached hydrogens (tertiary/aromatic N) is 1. The number of halogens is 1. The van der Waals surface area contributed by atoms with Gasteiger partial charge in [-0.25, -0.2) is 4.79 Å². The summed E-state index contributed by atoms with van der Waals surface area (Å²) in [7, 11) is 2.81. The zero-order valence-corrected chi connectivity index (χ0v) is 22.2. The van der Waals surface area contributed by atoms with Crippen LogP contribution in [0.3, 0.4) is 0 Å². The molecule has 0 unspecified atom stereocenters. The summed E-state index contributed by atoms with van der Waals surface area (Å²) in [6, 6.07) is 25.7. The van der Waals surface area contributed by atoms with Crippen molar-refractivity contribution in [3.05, 3.63) is 106 Å². The number of hydrogen-bond acceptors (Lipinski definition) is 6. The molecule has 7 nitrogen and oxygen atoms in total. The van der Waals surface area contributed by atoms with Crippen molar-refractivity contribution in [3.8, 4) is 17.6 Å². The second kappa shape index (κ2) is 12.1. The minimum absolute atomic E-state index is 0.111. The summed E-state index contributed by atoms with van der Waals surface area (Å²) < 4.78 is 17.0. The summed E-state index contributed by atoms with van der Waals surface area (Å²) in [6.07, 6.45) is 1.46. The molecule has 1 N–H and O–H groups in total. The molecule has 0 aliphatic heterocycles. The molecule has 4 aromatic rings. The Morgan fingerprint density at radius 3 is 2.45 bits per heavy atom. The summed E-state index contributed by atoms with van der Waals surface area (Å²) in [5.41, 5.74) is 2.27. The molecule has 0 fully saturated rings. The van der Waals surface area contributed by atoms with Gasteiger partial charge in [0, 0.05) is 5.69 Å². The summed E-state index contributed by atoms with van der Waals surface area (Å²) in [5.74, 6) is -0.123. The first-order valence-electron chi connectivity index (χ1n) is 11.5. The quantitative estimate of drug-likeness (QED) is 0.147. The highest BCUT2D eigenvalue weighted by Gasteiger charge is 2.15. The van der Waals surface area contributed by atoms with Gasteiger partial charge in [0.2, 0.25) is 0 Å². The van der Waals surface area contributed by atoms with Crippen LogP contribution >= 0.6 is 15.9 Å². The molecule has 0 aliphatic carbocycles. The molecule has 0 spiro atoms. The van der Waals surface area contributed by atoms with Crippen molar-refractivity contribution in [1.29, 1.82) is 5.26 Å². The number of methoxy groups -OCH3 is 2. The van der Waals surface area contributed by atoms with Gasteiger partial charge in [0.1, 0.15) is 18.2 Å². The first-order valence-corrected chi connectivity index (χ1v) is 12.3. The van der Waals surface area contributed by atoms with Crippen molar-refractivity contribution in [1.82, 2.24) is 0 Å². The third-order valence-corrected chi connectivity index (χ3v) is 6.33. The van der Waals surface area contributed by atoms with Crippen LogP contribution in [0.25, 0.3) is 16.8 Å². The molecule has 0 heterocycles. The van der Waals surface area contributed by atoms with Gasteiger partial charge in [-0.15, -0.1) is 0 Å². The van der Waals surface area contributed by atoms with Crippen LogP contribution < -0.4 is 14.8 Å². The van der Waals surface area contributed by atoms with E-state index in [1.807, 2.05) is 30.3 Å². The van der Waals surface area contributed by atoms with Crippen molar-refractivity contribution in [2.45, 2.75) is 6.61 Å². The number of benzene rings is 4. The van der Waals surface area contributed by atoms with Crippen LogP contribution in [-0.4, -0.2) is 26.1 Å². The molecule has 4 aromatic carbocycles.